The lowest BCUT2D eigenvalue weighted by molar-refractivity contribution is -0.143. The minimum absolute atomic E-state index is 0.291. The zero-order valence-corrected chi connectivity index (χ0v) is 16.0. The van der Waals surface area contributed by atoms with E-state index in [1.54, 1.807) is 0 Å². The number of amides is 3. The number of thioether (sulfide) groups is 1. The Morgan fingerprint density at radius 3 is 2.19 bits per heavy atom. The molecule has 0 aliphatic heterocycles. The van der Waals surface area contributed by atoms with Crippen LogP contribution in [0.1, 0.15) is 26.2 Å². The molecule has 11 nitrogen and oxygen atoms in total. The Balaban J connectivity index is 4.39. The third-order valence-electron chi connectivity index (χ3n) is 3.43. The number of nitrogens with one attached hydrogen (secondary N) is 3. The molecule has 0 radical (unpaired) electrons. The SMILES string of the molecule is CSCCC(N)C(=O)NCC(=O)NC(C)C(=O)NC(CCC(=O)O)C(=O)O. The predicted octanol–water partition coefficient (Wildman–Crippen LogP) is -1.88. The van der Waals surface area contributed by atoms with Crippen molar-refractivity contribution in [3.63, 3.8) is 0 Å². The molecule has 0 rings (SSSR count). The van der Waals surface area contributed by atoms with E-state index in [-0.39, 0.29) is 13.0 Å². The third-order valence-corrected chi connectivity index (χ3v) is 4.07. The molecule has 3 unspecified atom stereocenters. The number of aliphatic carboxylic acids is 2. The summed E-state index contributed by atoms with van der Waals surface area (Å²) in [6.07, 6.45) is 1.61. The van der Waals surface area contributed by atoms with Gasteiger partial charge in [0.25, 0.3) is 0 Å². The average Bonchev–Trinajstić information content (AvgIpc) is 2.60. The summed E-state index contributed by atoms with van der Waals surface area (Å²) in [5.41, 5.74) is 5.65. The van der Waals surface area contributed by atoms with Crippen LogP contribution in [0.5, 0.6) is 0 Å². The highest BCUT2D eigenvalue weighted by Gasteiger charge is 2.24. The van der Waals surface area contributed by atoms with Crippen LogP contribution in [0, 0.1) is 0 Å². The Kier molecular flexibility index (Phi) is 11.8. The van der Waals surface area contributed by atoms with Gasteiger partial charge in [0.15, 0.2) is 0 Å². The molecule has 0 saturated heterocycles. The second-order valence-corrected chi connectivity index (χ2v) is 6.71. The van der Waals surface area contributed by atoms with Crippen molar-refractivity contribution in [2.45, 2.75) is 44.3 Å². The molecule has 7 N–H and O–H groups in total. The quantitative estimate of drug-likeness (QED) is 0.203. The number of carboxylic acid groups (broad SMARTS) is 2. The molecular weight excluding hydrogens is 380 g/mol. The van der Waals surface area contributed by atoms with Crippen molar-refractivity contribution in [1.82, 2.24) is 16.0 Å². The smallest absolute Gasteiger partial charge is 0.326 e. The summed E-state index contributed by atoms with van der Waals surface area (Å²) < 4.78 is 0. The van der Waals surface area contributed by atoms with Crippen molar-refractivity contribution in [1.29, 1.82) is 0 Å². The second-order valence-electron chi connectivity index (χ2n) is 5.73. The number of rotatable bonds is 13. The van der Waals surface area contributed by atoms with Crippen molar-refractivity contribution < 1.29 is 34.2 Å². The molecule has 0 aliphatic rings. The molecule has 154 valence electrons. The molecule has 0 fully saturated rings. The minimum Gasteiger partial charge on any atom is -0.481 e. The van der Waals surface area contributed by atoms with Crippen molar-refractivity contribution in [3.8, 4) is 0 Å². The first-order chi connectivity index (χ1) is 12.6. The van der Waals surface area contributed by atoms with E-state index in [0.717, 1.165) is 0 Å². The molecule has 3 atom stereocenters. The minimum atomic E-state index is -1.39. The van der Waals surface area contributed by atoms with Crippen LogP contribution in [0.3, 0.4) is 0 Å². The van der Waals surface area contributed by atoms with E-state index in [0.29, 0.717) is 12.2 Å². The second kappa shape index (κ2) is 12.9. The summed E-state index contributed by atoms with van der Waals surface area (Å²) in [4.78, 5) is 57.0. The number of hydrogen-bond donors (Lipinski definition) is 6. The van der Waals surface area contributed by atoms with E-state index >= 15 is 0 Å². The van der Waals surface area contributed by atoms with Gasteiger partial charge in [-0.2, -0.15) is 11.8 Å². The van der Waals surface area contributed by atoms with Gasteiger partial charge < -0.3 is 31.9 Å². The van der Waals surface area contributed by atoms with Gasteiger partial charge in [-0.3, -0.25) is 19.2 Å². The molecule has 0 bridgehead atoms. The molecule has 0 aromatic heterocycles. The van der Waals surface area contributed by atoms with Gasteiger partial charge in [0, 0.05) is 6.42 Å². The van der Waals surface area contributed by atoms with Gasteiger partial charge in [0.05, 0.1) is 12.6 Å². The fourth-order valence-corrected chi connectivity index (χ4v) is 2.34. The monoisotopic (exact) mass is 406 g/mol. The van der Waals surface area contributed by atoms with Crippen LogP contribution in [0.25, 0.3) is 0 Å². The maximum absolute atomic E-state index is 12.0. The summed E-state index contributed by atoms with van der Waals surface area (Å²) >= 11 is 1.54. The molecule has 27 heavy (non-hydrogen) atoms. The van der Waals surface area contributed by atoms with Gasteiger partial charge in [-0.05, 0) is 31.8 Å². The number of hydrogen-bond acceptors (Lipinski definition) is 7. The number of carboxylic acids is 2. The molecule has 0 saturated carbocycles. The molecule has 3 amide bonds. The standard InChI is InChI=1S/C15H26N4O7S/c1-8(13(23)19-10(15(25)26)3-4-12(21)22)18-11(20)7-17-14(24)9(16)5-6-27-2/h8-10H,3-7,16H2,1-2H3,(H,17,24)(H,18,20)(H,19,23)(H,21,22)(H,25,26). The van der Waals surface area contributed by atoms with Gasteiger partial charge in [-0.15, -0.1) is 0 Å². The van der Waals surface area contributed by atoms with Crippen LogP contribution in [0.2, 0.25) is 0 Å². The highest BCUT2D eigenvalue weighted by atomic mass is 32.2. The summed E-state index contributed by atoms with van der Waals surface area (Å²) in [6.45, 7) is 0.945. The fraction of sp³-hybridized carbons (Fsp3) is 0.667. The number of carbonyl (C=O) groups excluding carboxylic acids is 3. The lowest BCUT2D eigenvalue weighted by Crippen LogP contribution is -2.52. The van der Waals surface area contributed by atoms with E-state index in [9.17, 15) is 24.0 Å². The Morgan fingerprint density at radius 1 is 1.04 bits per heavy atom. The Bertz CT molecular complexity index is 558. The van der Waals surface area contributed by atoms with Gasteiger partial charge in [0.1, 0.15) is 12.1 Å². The van der Waals surface area contributed by atoms with Crippen molar-refractivity contribution in [2.75, 3.05) is 18.6 Å². The predicted molar refractivity (Wildman–Crippen MR) is 98.0 cm³/mol. The molecule has 0 aliphatic carbocycles. The van der Waals surface area contributed by atoms with Crippen molar-refractivity contribution >= 4 is 41.4 Å². The van der Waals surface area contributed by atoms with E-state index in [1.165, 1.54) is 18.7 Å². The first kappa shape index (κ1) is 24.7. The summed E-state index contributed by atoms with van der Waals surface area (Å²) in [5, 5.41) is 24.4. The van der Waals surface area contributed by atoms with E-state index < -0.39 is 54.2 Å². The zero-order chi connectivity index (χ0) is 21.0. The van der Waals surface area contributed by atoms with Crippen LogP contribution in [-0.2, 0) is 24.0 Å². The number of carbonyl (C=O) groups is 5. The van der Waals surface area contributed by atoms with E-state index in [4.69, 9.17) is 15.9 Å². The van der Waals surface area contributed by atoms with Gasteiger partial charge in [-0.25, -0.2) is 4.79 Å². The molecular formula is C15H26N4O7S. The first-order valence-corrected chi connectivity index (χ1v) is 9.54. The van der Waals surface area contributed by atoms with Crippen molar-refractivity contribution in [2.24, 2.45) is 5.73 Å². The Hall–Kier alpha value is -2.34. The van der Waals surface area contributed by atoms with Gasteiger partial charge >= 0.3 is 11.9 Å². The fourth-order valence-electron chi connectivity index (χ4n) is 1.85. The maximum atomic E-state index is 12.0. The Morgan fingerprint density at radius 2 is 1.67 bits per heavy atom. The van der Waals surface area contributed by atoms with Crippen LogP contribution in [-0.4, -0.2) is 76.6 Å². The van der Waals surface area contributed by atoms with Crippen molar-refractivity contribution in [3.05, 3.63) is 0 Å². The molecule has 0 spiro atoms. The normalized spacial score (nSPS) is 13.7. The average molecular weight is 406 g/mol. The molecule has 0 aromatic rings. The summed E-state index contributed by atoms with van der Waals surface area (Å²) in [7, 11) is 0. The third kappa shape index (κ3) is 11.1. The highest BCUT2D eigenvalue weighted by Crippen LogP contribution is 2.00. The van der Waals surface area contributed by atoms with Crippen LogP contribution in [0.4, 0.5) is 0 Å². The molecule has 12 heteroatoms. The summed E-state index contributed by atoms with van der Waals surface area (Å²) in [5.74, 6) is -3.80. The largest absolute Gasteiger partial charge is 0.481 e. The van der Waals surface area contributed by atoms with E-state index in [1.807, 2.05) is 6.26 Å². The number of nitrogens with two attached hydrogens (primary N) is 1. The van der Waals surface area contributed by atoms with Gasteiger partial charge in [0.2, 0.25) is 17.7 Å². The Labute approximate surface area is 160 Å². The first-order valence-electron chi connectivity index (χ1n) is 8.15. The van der Waals surface area contributed by atoms with Crippen LogP contribution in [0.15, 0.2) is 0 Å². The topological polar surface area (TPSA) is 188 Å². The zero-order valence-electron chi connectivity index (χ0n) is 15.2. The van der Waals surface area contributed by atoms with Gasteiger partial charge in [-0.1, -0.05) is 0 Å². The van der Waals surface area contributed by atoms with Crippen LogP contribution < -0.4 is 21.7 Å². The lowest BCUT2D eigenvalue weighted by Gasteiger charge is -2.18. The molecule has 0 heterocycles. The summed E-state index contributed by atoms with van der Waals surface area (Å²) in [6, 6.07) is -3.20. The molecule has 0 aromatic carbocycles. The maximum Gasteiger partial charge on any atom is 0.326 e. The highest BCUT2D eigenvalue weighted by molar-refractivity contribution is 7.98. The van der Waals surface area contributed by atoms with Crippen LogP contribution >= 0.6 is 11.8 Å². The van der Waals surface area contributed by atoms with E-state index in [2.05, 4.69) is 16.0 Å². The lowest BCUT2D eigenvalue weighted by atomic mass is 10.1.